The van der Waals surface area contributed by atoms with E-state index in [0.717, 1.165) is 47.8 Å². The van der Waals surface area contributed by atoms with Gasteiger partial charge in [0.2, 0.25) is 0 Å². The third-order valence-corrected chi connectivity index (χ3v) is 12.6. The van der Waals surface area contributed by atoms with Crippen LogP contribution in [0, 0.1) is 57.7 Å². The molecule has 5 aliphatic carbocycles. The van der Waals surface area contributed by atoms with Crippen LogP contribution in [-0.2, 0) is 9.53 Å². The van der Waals surface area contributed by atoms with Crippen molar-refractivity contribution >= 4 is 21.9 Å². The predicted octanol–water partition coefficient (Wildman–Crippen LogP) is 8.02. The number of alkyl halides is 1. The zero-order valence-corrected chi connectivity index (χ0v) is 22.9. The Morgan fingerprint density at radius 3 is 2.50 bits per heavy atom. The number of ether oxygens (including phenoxy) is 1. The molecule has 0 aromatic rings. The Balaban J connectivity index is 1.37. The van der Waals surface area contributed by atoms with Crippen molar-refractivity contribution in [2.75, 3.05) is 5.33 Å². The van der Waals surface area contributed by atoms with E-state index < -0.39 is 0 Å². The lowest BCUT2D eigenvalue weighted by molar-refractivity contribution is -0.181. The summed E-state index contributed by atoms with van der Waals surface area (Å²) in [6, 6.07) is 0. The molecule has 10 atom stereocenters. The van der Waals surface area contributed by atoms with Gasteiger partial charge in [-0.15, -0.1) is 0 Å². The van der Waals surface area contributed by atoms with E-state index in [1.165, 1.54) is 64.2 Å². The van der Waals surface area contributed by atoms with Gasteiger partial charge >= 0.3 is 5.97 Å². The van der Waals surface area contributed by atoms with Gasteiger partial charge in [-0.3, -0.25) is 4.79 Å². The third-order valence-electron chi connectivity index (χ3n) is 12.1. The number of fused-ring (bicyclic) bond motifs is 4. The summed E-state index contributed by atoms with van der Waals surface area (Å²) in [4.78, 5) is 12.4. The minimum absolute atomic E-state index is 0.0376. The van der Waals surface area contributed by atoms with Crippen molar-refractivity contribution in [1.82, 2.24) is 0 Å². The normalized spacial score (nSPS) is 49.7. The first-order chi connectivity index (χ1) is 15.2. The predicted molar refractivity (Wildman–Crippen MR) is 135 cm³/mol. The van der Waals surface area contributed by atoms with Gasteiger partial charge in [-0.2, -0.15) is 0 Å². The second kappa shape index (κ2) is 8.27. The molecule has 0 bridgehead atoms. The zero-order valence-electron chi connectivity index (χ0n) is 21.3. The lowest BCUT2D eigenvalue weighted by Gasteiger charge is -2.60. The van der Waals surface area contributed by atoms with Crippen LogP contribution in [0.5, 0.6) is 0 Å². The maximum Gasteiger partial charge on any atom is 0.316 e. The molecule has 3 heteroatoms. The number of carbonyl (C=O) groups excluding carboxylic acids is 1. The van der Waals surface area contributed by atoms with Crippen LogP contribution in [0.25, 0.3) is 0 Å². The van der Waals surface area contributed by atoms with E-state index >= 15 is 0 Å². The Hall–Kier alpha value is -0.0500. The van der Waals surface area contributed by atoms with Crippen LogP contribution in [0.1, 0.15) is 105 Å². The molecule has 5 saturated carbocycles. The van der Waals surface area contributed by atoms with Gasteiger partial charge in [0.15, 0.2) is 0 Å². The van der Waals surface area contributed by atoms with Crippen LogP contribution in [0.3, 0.4) is 0 Å². The molecule has 0 radical (unpaired) electrons. The molecular weight excluding hydrogens is 460 g/mol. The van der Waals surface area contributed by atoms with Crippen molar-refractivity contribution < 1.29 is 9.53 Å². The van der Waals surface area contributed by atoms with Crippen molar-refractivity contribution in [2.45, 2.75) is 111 Å². The first-order valence-corrected chi connectivity index (χ1v) is 15.0. The smallest absolute Gasteiger partial charge is 0.316 e. The summed E-state index contributed by atoms with van der Waals surface area (Å²) in [5.41, 5.74) is 1.23. The van der Waals surface area contributed by atoms with Crippen LogP contribution in [0.2, 0.25) is 0 Å². The van der Waals surface area contributed by atoms with Gasteiger partial charge in [0.05, 0.1) is 0 Å². The Bertz CT molecular complexity index is 735. The van der Waals surface area contributed by atoms with E-state index in [1.807, 2.05) is 0 Å². The summed E-state index contributed by atoms with van der Waals surface area (Å²) < 4.78 is 6.26. The average Bonchev–Trinajstić information content (AvgIpc) is 3.26. The van der Waals surface area contributed by atoms with E-state index in [2.05, 4.69) is 50.5 Å². The summed E-state index contributed by atoms with van der Waals surface area (Å²) in [5.74, 6) is 5.84. The second-order valence-electron chi connectivity index (χ2n) is 13.7. The molecule has 2 nitrogen and oxygen atoms in total. The number of hydrogen-bond acceptors (Lipinski definition) is 2. The summed E-state index contributed by atoms with van der Waals surface area (Å²) >= 11 is 3.36. The molecule has 0 amide bonds. The Morgan fingerprint density at radius 2 is 1.81 bits per heavy atom. The van der Waals surface area contributed by atoms with Crippen molar-refractivity contribution in [2.24, 2.45) is 57.7 Å². The monoisotopic (exact) mass is 506 g/mol. The Kier molecular flexibility index (Phi) is 6.12. The van der Waals surface area contributed by atoms with E-state index in [4.69, 9.17) is 4.74 Å². The van der Waals surface area contributed by atoms with E-state index in [-0.39, 0.29) is 12.1 Å². The largest absolute Gasteiger partial charge is 0.461 e. The second-order valence-corrected chi connectivity index (χ2v) is 14.2. The highest BCUT2D eigenvalue weighted by Gasteiger charge is 2.78. The molecule has 182 valence electrons. The first-order valence-electron chi connectivity index (χ1n) is 13.9. The van der Waals surface area contributed by atoms with Gasteiger partial charge < -0.3 is 4.74 Å². The Labute approximate surface area is 205 Å². The third kappa shape index (κ3) is 3.32. The lowest BCUT2D eigenvalue weighted by atomic mass is 9.45. The SMILES string of the molecule is CC(C)CCCC(C)C1CCC2C3CC(OC(=O)CBr)C45CC4CCC5(C)C3CCC12C. The fraction of sp³-hybridized carbons (Fsp3) is 0.966. The fourth-order valence-corrected chi connectivity index (χ4v) is 10.8. The number of carbonyl (C=O) groups is 1. The van der Waals surface area contributed by atoms with E-state index in [9.17, 15) is 4.79 Å². The van der Waals surface area contributed by atoms with Gasteiger partial charge in [0.25, 0.3) is 0 Å². The highest BCUT2D eigenvalue weighted by atomic mass is 79.9. The molecule has 0 aromatic carbocycles. The molecule has 5 rings (SSSR count). The minimum Gasteiger partial charge on any atom is -0.461 e. The summed E-state index contributed by atoms with van der Waals surface area (Å²) in [6.07, 6.45) is 15.3. The van der Waals surface area contributed by atoms with Crippen LogP contribution in [0.15, 0.2) is 0 Å². The molecule has 0 aliphatic heterocycles. The summed E-state index contributed by atoms with van der Waals surface area (Å²) in [7, 11) is 0. The van der Waals surface area contributed by atoms with Gasteiger partial charge in [-0.25, -0.2) is 0 Å². The van der Waals surface area contributed by atoms with Crippen molar-refractivity contribution in [3.8, 4) is 0 Å². The number of hydrogen-bond donors (Lipinski definition) is 0. The van der Waals surface area contributed by atoms with Gasteiger partial charge in [0, 0.05) is 5.41 Å². The topological polar surface area (TPSA) is 26.3 Å². The number of rotatable bonds is 7. The standard InChI is InChI=1S/C29H47BrO2/c1-18(2)7-6-8-19(3)22-9-10-23-21-15-25(32-26(31)17-30)29-16-20(29)11-14-28(29,5)24(21)12-13-27(22,23)4/h18-25H,6-17H2,1-5H3. The zero-order chi connectivity index (χ0) is 22.9. The van der Waals surface area contributed by atoms with E-state index in [0.29, 0.717) is 21.6 Å². The fourth-order valence-electron chi connectivity index (χ4n) is 10.6. The average molecular weight is 508 g/mol. The maximum absolute atomic E-state index is 12.4. The van der Waals surface area contributed by atoms with Crippen molar-refractivity contribution in [3.05, 3.63) is 0 Å². The minimum atomic E-state index is -0.0376. The highest BCUT2D eigenvalue weighted by molar-refractivity contribution is 9.09. The maximum atomic E-state index is 12.4. The molecule has 5 fully saturated rings. The van der Waals surface area contributed by atoms with Crippen LogP contribution >= 0.6 is 15.9 Å². The molecule has 0 aromatic heterocycles. The molecule has 1 spiro atoms. The lowest BCUT2D eigenvalue weighted by Crippen LogP contribution is -2.57. The van der Waals surface area contributed by atoms with Gasteiger partial charge in [-0.1, -0.05) is 69.8 Å². The van der Waals surface area contributed by atoms with E-state index in [1.54, 1.807) is 0 Å². The summed E-state index contributed by atoms with van der Waals surface area (Å²) in [5, 5.41) is 0.339. The molecule has 0 N–H and O–H groups in total. The van der Waals surface area contributed by atoms with Gasteiger partial charge in [-0.05, 0) is 104 Å². The molecular formula is C29H47BrO2. The highest BCUT2D eigenvalue weighted by Crippen LogP contribution is 2.82. The van der Waals surface area contributed by atoms with Crippen molar-refractivity contribution in [3.63, 3.8) is 0 Å². The van der Waals surface area contributed by atoms with Crippen LogP contribution < -0.4 is 0 Å². The number of halogens is 1. The first kappa shape index (κ1) is 23.7. The molecule has 32 heavy (non-hydrogen) atoms. The van der Waals surface area contributed by atoms with Crippen LogP contribution in [0.4, 0.5) is 0 Å². The van der Waals surface area contributed by atoms with Crippen LogP contribution in [-0.4, -0.2) is 17.4 Å². The quantitative estimate of drug-likeness (QED) is 0.258. The van der Waals surface area contributed by atoms with Crippen molar-refractivity contribution in [1.29, 1.82) is 0 Å². The van der Waals surface area contributed by atoms with Gasteiger partial charge in [0.1, 0.15) is 11.4 Å². The molecule has 10 unspecified atom stereocenters. The molecule has 5 aliphatic rings. The number of esters is 1. The molecule has 0 heterocycles. The summed E-state index contributed by atoms with van der Waals surface area (Å²) in [6.45, 7) is 12.6. The Morgan fingerprint density at radius 1 is 1.03 bits per heavy atom. The molecule has 0 saturated heterocycles.